The molecule has 0 bridgehead atoms. The van der Waals surface area contributed by atoms with E-state index < -0.39 is 5.91 Å². The van der Waals surface area contributed by atoms with Crippen molar-refractivity contribution in [1.82, 2.24) is 14.9 Å². The molecular formula is C17H19Cl2N5O2. The number of rotatable bonds is 4. The Kier molecular flexibility index (Phi) is 6.90. The number of hydrogen-bond donors (Lipinski definition) is 2. The standard InChI is InChI=1S/C17H18ClN5O2.ClH/c18-12-1-3-13(4-2-12)22-16(24)14-15(21-7-6-20-14)17(25)23-8-5-11(9-19)10-23;/h1-4,6-7,11H,5,8-10,19H2,(H,22,24);1H. The highest BCUT2D eigenvalue weighted by Crippen LogP contribution is 2.19. The highest BCUT2D eigenvalue weighted by atomic mass is 35.5. The number of halogens is 2. The summed E-state index contributed by atoms with van der Waals surface area (Å²) >= 11 is 5.83. The molecule has 9 heteroatoms. The van der Waals surface area contributed by atoms with Crippen LogP contribution in [0.2, 0.25) is 5.02 Å². The molecule has 7 nitrogen and oxygen atoms in total. The average Bonchev–Trinajstić information content (AvgIpc) is 3.12. The van der Waals surface area contributed by atoms with Gasteiger partial charge >= 0.3 is 0 Å². The third-order valence-corrected chi connectivity index (χ3v) is 4.38. The van der Waals surface area contributed by atoms with Crippen molar-refractivity contribution in [3.63, 3.8) is 0 Å². The third-order valence-electron chi connectivity index (χ3n) is 4.12. The molecule has 3 rings (SSSR count). The maximum absolute atomic E-state index is 12.7. The maximum atomic E-state index is 12.7. The average molecular weight is 396 g/mol. The summed E-state index contributed by atoms with van der Waals surface area (Å²) in [6, 6.07) is 6.67. The Balaban J connectivity index is 0.00000243. The second kappa shape index (κ2) is 8.93. The van der Waals surface area contributed by atoms with Gasteiger partial charge in [0, 0.05) is 36.2 Å². The van der Waals surface area contributed by atoms with Crippen molar-refractivity contribution >= 4 is 41.5 Å². The lowest BCUT2D eigenvalue weighted by Gasteiger charge is -2.17. The fourth-order valence-electron chi connectivity index (χ4n) is 2.74. The van der Waals surface area contributed by atoms with Gasteiger partial charge in [0.05, 0.1) is 0 Å². The van der Waals surface area contributed by atoms with Crippen LogP contribution in [-0.2, 0) is 0 Å². The molecule has 3 N–H and O–H groups in total. The number of likely N-dealkylation sites (tertiary alicyclic amines) is 1. The van der Waals surface area contributed by atoms with Crippen molar-refractivity contribution in [3.8, 4) is 0 Å². The molecule has 0 spiro atoms. The topological polar surface area (TPSA) is 101 Å². The quantitative estimate of drug-likeness (QED) is 0.826. The van der Waals surface area contributed by atoms with Crippen LogP contribution in [0.4, 0.5) is 5.69 Å². The maximum Gasteiger partial charge on any atom is 0.276 e. The van der Waals surface area contributed by atoms with Gasteiger partial charge in [-0.25, -0.2) is 9.97 Å². The summed E-state index contributed by atoms with van der Waals surface area (Å²) < 4.78 is 0. The lowest BCUT2D eigenvalue weighted by Crippen LogP contribution is -2.32. The van der Waals surface area contributed by atoms with Gasteiger partial charge in [0.1, 0.15) is 0 Å². The number of benzene rings is 1. The summed E-state index contributed by atoms with van der Waals surface area (Å²) in [4.78, 5) is 35.0. The molecule has 1 atom stereocenters. The van der Waals surface area contributed by atoms with E-state index in [4.69, 9.17) is 17.3 Å². The second-order valence-corrected chi connectivity index (χ2v) is 6.29. The zero-order valence-corrected chi connectivity index (χ0v) is 15.5. The van der Waals surface area contributed by atoms with E-state index in [1.807, 2.05) is 0 Å². The van der Waals surface area contributed by atoms with Crippen LogP contribution in [0.5, 0.6) is 0 Å². The fourth-order valence-corrected chi connectivity index (χ4v) is 2.87. The van der Waals surface area contributed by atoms with Gasteiger partial charge in [-0.15, -0.1) is 12.4 Å². The van der Waals surface area contributed by atoms with Crippen molar-refractivity contribution in [3.05, 3.63) is 53.1 Å². The van der Waals surface area contributed by atoms with Crippen LogP contribution in [-0.4, -0.2) is 46.3 Å². The number of nitrogens with zero attached hydrogens (tertiary/aromatic N) is 3. The van der Waals surface area contributed by atoms with E-state index in [2.05, 4.69) is 15.3 Å². The summed E-state index contributed by atoms with van der Waals surface area (Å²) in [5.41, 5.74) is 6.27. The van der Waals surface area contributed by atoms with E-state index in [9.17, 15) is 9.59 Å². The van der Waals surface area contributed by atoms with Gasteiger partial charge in [-0.1, -0.05) is 11.6 Å². The molecule has 0 aliphatic carbocycles. The zero-order chi connectivity index (χ0) is 17.8. The summed E-state index contributed by atoms with van der Waals surface area (Å²) in [7, 11) is 0. The van der Waals surface area contributed by atoms with Crippen molar-refractivity contribution < 1.29 is 9.59 Å². The van der Waals surface area contributed by atoms with Crippen molar-refractivity contribution in [1.29, 1.82) is 0 Å². The van der Waals surface area contributed by atoms with Crippen molar-refractivity contribution in [2.24, 2.45) is 11.7 Å². The SMILES string of the molecule is Cl.NCC1CCN(C(=O)c2nccnc2C(=O)Nc2ccc(Cl)cc2)C1. The number of nitrogens with two attached hydrogens (primary N) is 1. The van der Waals surface area contributed by atoms with Gasteiger partial charge in [0.15, 0.2) is 11.4 Å². The molecule has 2 amide bonds. The summed E-state index contributed by atoms with van der Waals surface area (Å²) in [5, 5.41) is 3.27. The Morgan fingerprint density at radius 1 is 1.19 bits per heavy atom. The lowest BCUT2D eigenvalue weighted by atomic mass is 10.1. The molecule has 0 radical (unpaired) electrons. The van der Waals surface area contributed by atoms with Crippen LogP contribution in [0.1, 0.15) is 27.4 Å². The van der Waals surface area contributed by atoms with Gasteiger partial charge in [-0.3, -0.25) is 9.59 Å². The molecule has 1 aromatic carbocycles. The van der Waals surface area contributed by atoms with Gasteiger partial charge in [0.2, 0.25) is 0 Å². The first-order chi connectivity index (χ1) is 12.1. The van der Waals surface area contributed by atoms with Crippen molar-refractivity contribution in [2.75, 3.05) is 25.0 Å². The Labute approximate surface area is 162 Å². The van der Waals surface area contributed by atoms with E-state index in [0.717, 1.165) is 6.42 Å². The Morgan fingerprint density at radius 2 is 1.85 bits per heavy atom. The van der Waals surface area contributed by atoms with E-state index in [1.54, 1.807) is 29.2 Å². The molecule has 1 aliphatic heterocycles. The molecule has 1 saturated heterocycles. The smallest absolute Gasteiger partial charge is 0.276 e. The molecule has 138 valence electrons. The minimum atomic E-state index is -0.492. The van der Waals surface area contributed by atoms with Gasteiger partial charge in [-0.2, -0.15) is 0 Å². The molecule has 1 unspecified atom stereocenters. The largest absolute Gasteiger partial charge is 0.337 e. The molecule has 0 saturated carbocycles. The Bertz CT molecular complexity index is 785. The van der Waals surface area contributed by atoms with Crippen LogP contribution in [0.3, 0.4) is 0 Å². The predicted molar refractivity (Wildman–Crippen MR) is 102 cm³/mol. The van der Waals surface area contributed by atoms with Crippen LogP contribution >= 0.6 is 24.0 Å². The summed E-state index contributed by atoms with van der Waals surface area (Å²) in [5.74, 6) is -0.509. The number of carbonyl (C=O) groups excluding carboxylic acids is 2. The first-order valence-electron chi connectivity index (χ1n) is 7.95. The number of carbonyl (C=O) groups is 2. The first-order valence-corrected chi connectivity index (χ1v) is 8.33. The van der Waals surface area contributed by atoms with Crippen LogP contribution in [0.25, 0.3) is 0 Å². The molecule has 26 heavy (non-hydrogen) atoms. The minimum Gasteiger partial charge on any atom is -0.337 e. The molecule has 1 aromatic heterocycles. The minimum absolute atomic E-state index is 0. The fraction of sp³-hybridized carbons (Fsp3) is 0.294. The highest BCUT2D eigenvalue weighted by molar-refractivity contribution is 6.30. The van der Waals surface area contributed by atoms with E-state index >= 15 is 0 Å². The molecular weight excluding hydrogens is 377 g/mol. The van der Waals surface area contributed by atoms with Gasteiger partial charge < -0.3 is 16.0 Å². The van der Waals surface area contributed by atoms with E-state index in [0.29, 0.717) is 30.3 Å². The number of nitrogens with one attached hydrogen (secondary N) is 1. The van der Waals surface area contributed by atoms with Gasteiger partial charge in [-0.05, 0) is 43.1 Å². The zero-order valence-electron chi connectivity index (χ0n) is 13.9. The molecule has 1 fully saturated rings. The Hall–Kier alpha value is -2.22. The Morgan fingerprint density at radius 3 is 2.46 bits per heavy atom. The number of amides is 2. The number of aromatic nitrogens is 2. The number of hydrogen-bond acceptors (Lipinski definition) is 5. The van der Waals surface area contributed by atoms with Crippen LogP contribution in [0.15, 0.2) is 36.7 Å². The predicted octanol–water partition coefficient (Wildman–Crippen LogP) is 2.22. The second-order valence-electron chi connectivity index (χ2n) is 5.86. The first kappa shape index (κ1) is 20.1. The normalized spacial score (nSPS) is 16.1. The number of anilines is 1. The van der Waals surface area contributed by atoms with Crippen molar-refractivity contribution in [2.45, 2.75) is 6.42 Å². The highest BCUT2D eigenvalue weighted by Gasteiger charge is 2.30. The summed E-state index contributed by atoms with van der Waals surface area (Å²) in [6.07, 6.45) is 3.65. The van der Waals surface area contributed by atoms with Gasteiger partial charge in [0.25, 0.3) is 11.8 Å². The lowest BCUT2D eigenvalue weighted by molar-refractivity contribution is 0.0775. The van der Waals surface area contributed by atoms with E-state index in [-0.39, 0.29) is 35.6 Å². The van der Waals surface area contributed by atoms with Crippen LogP contribution in [0, 0.1) is 5.92 Å². The van der Waals surface area contributed by atoms with E-state index in [1.165, 1.54) is 12.4 Å². The third kappa shape index (κ3) is 4.49. The monoisotopic (exact) mass is 395 g/mol. The molecule has 2 heterocycles. The summed E-state index contributed by atoms with van der Waals surface area (Å²) in [6.45, 7) is 1.72. The van der Waals surface area contributed by atoms with Crippen LogP contribution < -0.4 is 11.1 Å². The molecule has 1 aliphatic rings. The molecule has 2 aromatic rings.